The zero-order chi connectivity index (χ0) is 12.3. The highest BCUT2D eigenvalue weighted by molar-refractivity contribution is 5.54. The number of nitrogen functional groups attached to an aromatic ring is 1. The standard InChI is InChI=1S/C12H16N4O/c1-8(6-10-4-3-5-17-10)16-12-9(2)11(13)14-7-15-12/h3-5,7-8H,6H2,1-2H3,(H3,13,14,15,16). The van der Waals surface area contributed by atoms with E-state index in [1.54, 1.807) is 6.26 Å². The molecule has 0 saturated heterocycles. The molecule has 0 fully saturated rings. The fourth-order valence-electron chi connectivity index (χ4n) is 1.62. The van der Waals surface area contributed by atoms with Crippen molar-refractivity contribution in [1.82, 2.24) is 9.97 Å². The van der Waals surface area contributed by atoms with Gasteiger partial charge in [0, 0.05) is 18.0 Å². The van der Waals surface area contributed by atoms with Crippen LogP contribution < -0.4 is 11.1 Å². The summed E-state index contributed by atoms with van der Waals surface area (Å²) in [5.74, 6) is 2.23. The summed E-state index contributed by atoms with van der Waals surface area (Å²) in [5.41, 5.74) is 6.60. The molecule has 0 bridgehead atoms. The van der Waals surface area contributed by atoms with Gasteiger partial charge in [-0.2, -0.15) is 0 Å². The molecule has 0 aromatic carbocycles. The highest BCUT2D eigenvalue weighted by atomic mass is 16.3. The van der Waals surface area contributed by atoms with Gasteiger partial charge in [0.1, 0.15) is 23.7 Å². The predicted octanol–water partition coefficient (Wildman–Crippen LogP) is 2.00. The minimum atomic E-state index is 0.217. The average molecular weight is 232 g/mol. The Balaban J connectivity index is 2.03. The van der Waals surface area contributed by atoms with E-state index in [0.29, 0.717) is 5.82 Å². The third kappa shape index (κ3) is 2.75. The minimum absolute atomic E-state index is 0.217. The molecule has 5 nitrogen and oxygen atoms in total. The van der Waals surface area contributed by atoms with Crippen molar-refractivity contribution in [3.05, 3.63) is 36.0 Å². The zero-order valence-corrected chi connectivity index (χ0v) is 9.97. The Labute approximate surface area is 100 Å². The normalized spacial score (nSPS) is 12.4. The van der Waals surface area contributed by atoms with Crippen LogP contribution in [0.4, 0.5) is 11.6 Å². The van der Waals surface area contributed by atoms with Gasteiger partial charge in [0.15, 0.2) is 0 Å². The number of furan rings is 1. The van der Waals surface area contributed by atoms with Gasteiger partial charge < -0.3 is 15.5 Å². The zero-order valence-electron chi connectivity index (χ0n) is 9.97. The SMILES string of the molecule is Cc1c(N)ncnc1NC(C)Cc1ccco1. The number of hydrogen-bond acceptors (Lipinski definition) is 5. The highest BCUT2D eigenvalue weighted by Gasteiger charge is 2.09. The van der Waals surface area contributed by atoms with Crippen LogP contribution in [0, 0.1) is 6.92 Å². The molecule has 2 aromatic rings. The molecule has 90 valence electrons. The van der Waals surface area contributed by atoms with Crippen LogP contribution >= 0.6 is 0 Å². The molecule has 0 aliphatic heterocycles. The molecule has 17 heavy (non-hydrogen) atoms. The molecule has 5 heteroatoms. The van der Waals surface area contributed by atoms with Gasteiger partial charge in [0.25, 0.3) is 0 Å². The van der Waals surface area contributed by atoms with Crippen LogP contribution in [-0.2, 0) is 6.42 Å². The monoisotopic (exact) mass is 232 g/mol. The maximum absolute atomic E-state index is 5.72. The van der Waals surface area contributed by atoms with E-state index >= 15 is 0 Å². The third-order valence-electron chi connectivity index (χ3n) is 2.59. The minimum Gasteiger partial charge on any atom is -0.469 e. The predicted molar refractivity (Wildman–Crippen MR) is 66.7 cm³/mol. The fraction of sp³-hybridized carbons (Fsp3) is 0.333. The van der Waals surface area contributed by atoms with Crippen LogP contribution in [-0.4, -0.2) is 16.0 Å². The average Bonchev–Trinajstić information content (AvgIpc) is 2.77. The highest BCUT2D eigenvalue weighted by Crippen LogP contribution is 2.17. The summed E-state index contributed by atoms with van der Waals surface area (Å²) in [4.78, 5) is 8.11. The Bertz CT molecular complexity index is 481. The van der Waals surface area contributed by atoms with Gasteiger partial charge >= 0.3 is 0 Å². The fourth-order valence-corrected chi connectivity index (χ4v) is 1.62. The topological polar surface area (TPSA) is 77.0 Å². The maximum atomic E-state index is 5.72. The second-order valence-corrected chi connectivity index (χ2v) is 4.06. The summed E-state index contributed by atoms with van der Waals surface area (Å²) in [6.45, 7) is 3.97. The van der Waals surface area contributed by atoms with E-state index in [1.165, 1.54) is 6.33 Å². The van der Waals surface area contributed by atoms with Gasteiger partial charge in [0.2, 0.25) is 0 Å². The smallest absolute Gasteiger partial charge is 0.134 e. The molecule has 2 rings (SSSR count). The Hall–Kier alpha value is -2.04. The number of nitrogens with one attached hydrogen (secondary N) is 1. The van der Waals surface area contributed by atoms with Gasteiger partial charge in [-0.25, -0.2) is 9.97 Å². The molecular weight excluding hydrogens is 216 g/mol. The first kappa shape index (κ1) is 11.4. The lowest BCUT2D eigenvalue weighted by atomic mass is 10.2. The van der Waals surface area contributed by atoms with Crippen molar-refractivity contribution < 1.29 is 4.42 Å². The van der Waals surface area contributed by atoms with Gasteiger partial charge in [0.05, 0.1) is 6.26 Å². The molecule has 0 spiro atoms. The van der Waals surface area contributed by atoms with Crippen LogP contribution in [0.15, 0.2) is 29.1 Å². The first-order chi connectivity index (χ1) is 8.16. The second kappa shape index (κ2) is 4.86. The summed E-state index contributed by atoms with van der Waals surface area (Å²) >= 11 is 0. The quantitative estimate of drug-likeness (QED) is 0.843. The van der Waals surface area contributed by atoms with Gasteiger partial charge in [-0.3, -0.25) is 0 Å². The molecule has 2 aromatic heterocycles. The van der Waals surface area contributed by atoms with Crippen molar-refractivity contribution in [2.24, 2.45) is 0 Å². The Morgan fingerprint density at radius 2 is 2.29 bits per heavy atom. The van der Waals surface area contributed by atoms with Crippen molar-refractivity contribution >= 4 is 11.6 Å². The molecule has 0 radical (unpaired) electrons. The van der Waals surface area contributed by atoms with E-state index in [-0.39, 0.29) is 6.04 Å². The van der Waals surface area contributed by atoms with Crippen molar-refractivity contribution in [1.29, 1.82) is 0 Å². The van der Waals surface area contributed by atoms with E-state index in [9.17, 15) is 0 Å². The van der Waals surface area contributed by atoms with E-state index in [2.05, 4.69) is 22.2 Å². The molecule has 1 atom stereocenters. The first-order valence-electron chi connectivity index (χ1n) is 5.53. The summed E-state index contributed by atoms with van der Waals surface area (Å²) < 4.78 is 5.30. The largest absolute Gasteiger partial charge is 0.469 e. The van der Waals surface area contributed by atoms with Crippen molar-refractivity contribution in [2.75, 3.05) is 11.1 Å². The molecule has 2 heterocycles. The lowest BCUT2D eigenvalue weighted by molar-refractivity contribution is 0.497. The molecule has 0 aliphatic carbocycles. The van der Waals surface area contributed by atoms with Crippen LogP contribution in [0.2, 0.25) is 0 Å². The number of aromatic nitrogens is 2. The van der Waals surface area contributed by atoms with Crippen LogP contribution in [0.25, 0.3) is 0 Å². The summed E-state index contributed by atoms with van der Waals surface area (Å²) in [7, 11) is 0. The number of rotatable bonds is 4. The summed E-state index contributed by atoms with van der Waals surface area (Å²) in [6.07, 6.45) is 3.94. The Morgan fingerprint density at radius 3 is 3.00 bits per heavy atom. The van der Waals surface area contributed by atoms with Gasteiger partial charge in [-0.05, 0) is 26.0 Å². The van der Waals surface area contributed by atoms with Crippen molar-refractivity contribution in [3.8, 4) is 0 Å². The van der Waals surface area contributed by atoms with E-state index in [0.717, 1.165) is 23.6 Å². The summed E-state index contributed by atoms with van der Waals surface area (Å²) in [6, 6.07) is 4.06. The van der Waals surface area contributed by atoms with Crippen molar-refractivity contribution in [3.63, 3.8) is 0 Å². The Morgan fingerprint density at radius 1 is 1.47 bits per heavy atom. The molecule has 0 saturated carbocycles. The van der Waals surface area contributed by atoms with E-state index < -0.39 is 0 Å². The molecule has 3 N–H and O–H groups in total. The lowest BCUT2D eigenvalue weighted by Crippen LogP contribution is -2.19. The molecule has 1 unspecified atom stereocenters. The second-order valence-electron chi connectivity index (χ2n) is 4.06. The molecular formula is C12H16N4O. The first-order valence-corrected chi connectivity index (χ1v) is 5.53. The van der Waals surface area contributed by atoms with E-state index in [1.807, 2.05) is 19.1 Å². The van der Waals surface area contributed by atoms with Crippen molar-refractivity contribution in [2.45, 2.75) is 26.3 Å². The number of nitrogens with two attached hydrogens (primary N) is 1. The van der Waals surface area contributed by atoms with Gasteiger partial charge in [-0.1, -0.05) is 0 Å². The van der Waals surface area contributed by atoms with Crippen LogP contribution in [0.5, 0.6) is 0 Å². The summed E-state index contributed by atoms with van der Waals surface area (Å²) in [5, 5.41) is 3.30. The number of hydrogen-bond donors (Lipinski definition) is 2. The number of anilines is 2. The lowest BCUT2D eigenvalue weighted by Gasteiger charge is -2.15. The maximum Gasteiger partial charge on any atom is 0.134 e. The molecule has 0 amide bonds. The third-order valence-corrected chi connectivity index (χ3v) is 2.59. The number of nitrogens with zero attached hydrogens (tertiary/aromatic N) is 2. The van der Waals surface area contributed by atoms with E-state index in [4.69, 9.17) is 10.2 Å². The molecule has 0 aliphatic rings. The van der Waals surface area contributed by atoms with Gasteiger partial charge in [-0.15, -0.1) is 0 Å². The van der Waals surface area contributed by atoms with Crippen LogP contribution in [0.1, 0.15) is 18.2 Å². The van der Waals surface area contributed by atoms with Crippen LogP contribution in [0.3, 0.4) is 0 Å². The Kier molecular flexibility index (Phi) is 3.27.